The van der Waals surface area contributed by atoms with Crippen molar-refractivity contribution in [2.75, 3.05) is 13.7 Å². The zero-order valence-electron chi connectivity index (χ0n) is 15.1. The first-order chi connectivity index (χ1) is 13.1. The molecule has 10 heteroatoms. The highest BCUT2D eigenvalue weighted by atomic mass is 79.9. The van der Waals surface area contributed by atoms with Crippen molar-refractivity contribution in [3.63, 3.8) is 0 Å². The van der Waals surface area contributed by atoms with Crippen molar-refractivity contribution in [2.45, 2.75) is 25.9 Å². The van der Waals surface area contributed by atoms with Crippen LogP contribution in [0.1, 0.15) is 30.9 Å². The predicted octanol–water partition coefficient (Wildman–Crippen LogP) is 4.12. The summed E-state index contributed by atoms with van der Waals surface area (Å²) in [5.41, 5.74) is 4.39. The van der Waals surface area contributed by atoms with Gasteiger partial charge >= 0.3 is 12.1 Å². The summed E-state index contributed by atoms with van der Waals surface area (Å²) in [4.78, 5) is 12.5. The summed E-state index contributed by atoms with van der Waals surface area (Å²) in [6.45, 7) is 3.03. The zero-order chi connectivity index (χ0) is 21.2. The molecule has 0 aromatic heterocycles. The maximum atomic E-state index is 13.5. The second-order valence-electron chi connectivity index (χ2n) is 5.70. The number of hydrogen-bond donors (Lipinski definition) is 1. The van der Waals surface area contributed by atoms with Crippen molar-refractivity contribution < 1.29 is 32.2 Å². The molecule has 0 saturated carbocycles. The Morgan fingerprint density at radius 1 is 1.43 bits per heavy atom. The van der Waals surface area contributed by atoms with E-state index in [-0.39, 0.29) is 39.4 Å². The van der Waals surface area contributed by atoms with Crippen LogP contribution < -0.4 is 10.5 Å². The molecular weight excluding hydrogens is 445 g/mol. The molecule has 1 aromatic carbocycles. The number of allylic oxidation sites excluding steroid dienone is 2. The number of alkyl halides is 3. The minimum Gasteiger partial charge on any atom is -0.495 e. The van der Waals surface area contributed by atoms with Gasteiger partial charge in [0.25, 0.3) is 0 Å². The Labute approximate surface area is 167 Å². The number of esters is 1. The molecule has 0 amide bonds. The maximum absolute atomic E-state index is 13.5. The van der Waals surface area contributed by atoms with Crippen LogP contribution in [0.25, 0.3) is 0 Å². The Hall–Kier alpha value is -2.67. The van der Waals surface area contributed by atoms with Crippen LogP contribution in [0.15, 0.2) is 39.4 Å². The van der Waals surface area contributed by atoms with Gasteiger partial charge in [-0.1, -0.05) is 0 Å². The lowest BCUT2D eigenvalue weighted by Crippen LogP contribution is -2.26. The first-order valence-corrected chi connectivity index (χ1v) is 8.76. The fourth-order valence-electron chi connectivity index (χ4n) is 2.89. The molecule has 1 aromatic rings. The Balaban J connectivity index is 2.80. The summed E-state index contributed by atoms with van der Waals surface area (Å²) < 4.78 is 55.7. The van der Waals surface area contributed by atoms with E-state index in [9.17, 15) is 23.2 Å². The van der Waals surface area contributed by atoms with Gasteiger partial charge in [0.2, 0.25) is 5.88 Å². The van der Waals surface area contributed by atoms with Crippen LogP contribution in [0.5, 0.6) is 5.75 Å². The standard InChI is InChI=1S/C18H16BrF3N2O4/c1-4-27-17(25)13-8(2)28-16(24)10(7-23)14(13)9-5-11(18(20,21)22)15(26-3)12(19)6-9/h5-6,14H,4,24H2,1-3H3. The third-order valence-corrected chi connectivity index (χ3v) is 4.60. The SMILES string of the molecule is CCOC(=O)C1=C(C)OC(N)=C(C#N)C1c1cc(Br)c(OC)c(C(F)(F)F)c1. The molecule has 2 rings (SSSR count). The van der Waals surface area contributed by atoms with Crippen LogP contribution in [0.2, 0.25) is 0 Å². The molecule has 0 radical (unpaired) electrons. The molecule has 0 spiro atoms. The fourth-order valence-corrected chi connectivity index (χ4v) is 3.53. The van der Waals surface area contributed by atoms with Crippen LogP contribution >= 0.6 is 15.9 Å². The number of ether oxygens (including phenoxy) is 3. The van der Waals surface area contributed by atoms with E-state index in [2.05, 4.69) is 15.9 Å². The fraction of sp³-hybridized carbons (Fsp3) is 0.333. The first-order valence-electron chi connectivity index (χ1n) is 7.96. The van der Waals surface area contributed by atoms with E-state index in [0.717, 1.165) is 13.2 Å². The van der Waals surface area contributed by atoms with E-state index in [1.54, 1.807) is 6.92 Å². The summed E-state index contributed by atoms with van der Waals surface area (Å²) in [6, 6.07) is 3.97. The van der Waals surface area contributed by atoms with E-state index >= 15 is 0 Å². The largest absolute Gasteiger partial charge is 0.495 e. The normalized spacial score (nSPS) is 17.1. The van der Waals surface area contributed by atoms with Crippen LogP contribution in [0.4, 0.5) is 13.2 Å². The second kappa shape index (κ2) is 8.14. The van der Waals surface area contributed by atoms with E-state index < -0.39 is 29.4 Å². The minimum atomic E-state index is -4.74. The number of halogens is 4. The Morgan fingerprint density at radius 3 is 2.57 bits per heavy atom. The lowest BCUT2D eigenvalue weighted by molar-refractivity contribution is -0.139. The molecule has 1 heterocycles. The highest BCUT2D eigenvalue weighted by Crippen LogP contribution is 2.46. The molecule has 0 saturated heterocycles. The topological polar surface area (TPSA) is 94.6 Å². The number of benzene rings is 1. The van der Waals surface area contributed by atoms with Crippen LogP contribution in [0.3, 0.4) is 0 Å². The Morgan fingerprint density at radius 2 is 2.07 bits per heavy atom. The molecular formula is C18H16BrF3N2O4. The van der Waals surface area contributed by atoms with Crippen molar-refractivity contribution in [1.82, 2.24) is 0 Å². The van der Waals surface area contributed by atoms with Crippen molar-refractivity contribution in [3.05, 3.63) is 50.5 Å². The maximum Gasteiger partial charge on any atom is 0.420 e. The van der Waals surface area contributed by atoms with Crippen molar-refractivity contribution in [2.24, 2.45) is 5.73 Å². The summed E-state index contributed by atoms with van der Waals surface area (Å²) >= 11 is 3.06. The number of nitrogens with two attached hydrogens (primary N) is 1. The van der Waals surface area contributed by atoms with Gasteiger partial charge in [0, 0.05) is 0 Å². The molecule has 0 aliphatic carbocycles. The minimum absolute atomic E-state index is 0.00281. The first kappa shape index (κ1) is 21.6. The average molecular weight is 461 g/mol. The molecule has 0 fully saturated rings. The summed E-state index contributed by atoms with van der Waals surface area (Å²) in [5.74, 6) is -2.68. The van der Waals surface area contributed by atoms with Gasteiger partial charge in [0.15, 0.2) is 0 Å². The van der Waals surface area contributed by atoms with Gasteiger partial charge in [-0.15, -0.1) is 0 Å². The van der Waals surface area contributed by atoms with Crippen molar-refractivity contribution in [3.8, 4) is 11.8 Å². The van der Waals surface area contributed by atoms with Crippen LogP contribution in [-0.4, -0.2) is 19.7 Å². The summed E-state index contributed by atoms with van der Waals surface area (Å²) in [7, 11) is 1.11. The Kier molecular flexibility index (Phi) is 6.29. The molecule has 6 nitrogen and oxygen atoms in total. The van der Waals surface area contributed by atoms with Gasteiger partial charge in [-0.3, -0.25) is 0 Å². The van der Waals surface area contributed by atoms with Crippen LogP contribution in [-0.2, 0) is 20.4 Å². The lowest BCUT2D eigenvalue weighted by atomic mass is 9.82. The van der Waals surface area contributed by atoms with Crippen molar-refractivity contribution >= 4 is 21.9 Å². The highest BCUT2D eigenvalue weighted by Gasteiger charge is 2.40. The van der Waals surface area contributed by atoms with Gasteiger partial charge in [-0.2, -0.15) is 18.4 Å². The monoisotopic (exact) mass is 460 g/mol. The number of hydrogen-bond acceptors (Lipinski definition) is 6. The third-order valence-electron chi connectivity index (χ3n) is 4.01. The molecule has 1 aliphatic heterocycles. The third kappa shape index (κ3) is 3.94. The van der Waals surface area contributed by atoms with Crippen LogP contribution in [0, 0.1) is 11.3 Å². The number of carbonyl (C=O) groups excluding carboxylic acids is 1. The predicted molar refractivity (Wildman–Crippen MR) is 95.7 cm³/mol. The number of carbonyl (C=O) groups is 1. The van der Waals surface area contributed by atoms with E-state index in [0.29, 0.717) is 0 Å². The van der Waals surface area contributed by atoms with Gasteiger partial charge in [-0.25, -0.2) is 4.79 Å². The molecule has 2 N–H and O–H groups in total. The molecule has 0 bridgehead atoms. The Bertz CT molecular complexity index is 917. The molecule has 28 heavy (non-hydrogen) atoms. The zero-order valence-corrected chi connectivity index (χ0v) is 16.7. The lowest BCUT2D eigenvalue weighted by Gasteiger charge is -2.27. The number of rotatable bonds is 4. The van der Waals surface area contributed by atoms with E-state index in [1.165, 1.54) is 13.0 Å². The molecule has 1 aliphatic rings. The number of nitriles is 1. The van der Waals surface area contributed by atoms with Gasteiger partial charge in [-0.05, 0) is 47.5 Å². The smallest absolute Gasteiger partial charge is 0.420 e. The summed E-state index contributed by atoms with van der Waals surface area (Å²) in [6.07, 6.45) is -4.74. The number of nitrogens with zero attached hydrogens (tertiary/aromatic N) is 1. The van der Waals surface area contributed by atoms with Gasteiger partial charge in [0.1, 0.15) is 23.2 Å². The summed E-state index contributed by atoms with van der Waals surface area (Å²) in [5, 5.41) is 9.51. The molecule has 1 unspecified atom stereocenters. The van der Waals surface area contributed by atoms with E-state index in [4.69, 9.17) is 19.9 Å². The average Bonchev–Trinajstić information content (AvgIpc) is 2.59. The molecule has 150 valence electrons. The number of methoxy groups -OCH3 is 1. The van der Waals surface area contributed by atoms with Gasteiger partial charge in [0.05, 0.1) is 35.2 Å². The van der Waals surface area contributed by atoms with E-state index in [1.807, 2.05) is 6.07 Å². The van der Waals surface area contributed by atoms with Gasteiger partial charge < -0.3 is 19.9 Å². The second-order valence-corrected chi connectivity index (χ2v) is 6.55. The highest BCUT2D eigenvalue weighted by molar-refractivity contribution is 9.10. The van der Waals surface area contributed by atoms with Crippen molar-refractivity contribution in [1.29, 1.82) is 5.26 Å². The quantitative estimate of drug-likeness (QED) is 0.679. The molecule has 1 atom stereocenters.